The second-order valence-corrected chi connectivity index (χ2v) is 6.58. The molecule has 1 rings (SSSR count). The van der Waals surface area contributed by atoms with Crippen molar-refractivity contribution < 1.29 is 9.53 Å². The summed E-state index contributed by atoms with van der Waals surface area (Å²) in [7, 11) is 1.62. The lowest BCUT2D eigenvalue weighted by molar-refractivity contribution is 0.196. The molecule has 0 unspecified atom stereocenters. The van der Waals surface area contributed by atoms with E-state index in [1.807, 2.05) is 0 Å². The predicted molar refractivity (Wildman–Crippen MR) is 91.4 cm³/mol. The van der Waals surface area contributed by atoms with Crippen LogP contribution in [-0.4, -0.2) is 32.8 Å². The second-order valence-electron chi connectivity index (χ2n) is 6.58. The van der Waals surface area contributed by atoms with E-state index in [1.165, 1.54) is 11.1 Å². The number of amides is 2. The smallest absolute Gasteiger partial charge is 0.314 e. The van der Waals surface area contributed by atoms with Gasteiger partial charge in [0, 0.05) is 20.2 Å². The molecule has 0 aliphatic heterocycles. The molecular weight excluding hydrogens is 276 g/mol. The fourth-order valence-corrected chi connectivity index (χ4v) is 2.16. The van der Waals surface area contributed by atoms with Gasteiger partial charge in [-0.2, -0.15) is 0 Å². The Bertz CT molecular complexity index is 435. The zero-order valence-corrected chi connectivity index (χ0v) is 14.4. The van der Waals surface area contributed by atoms with Gasteiger partial charge < -0.3 is 15.4 Å². The first kappa shape index (κ1) is 18.5. The maximum atomic E-state index is 11.4. The molecule has 0 heterocycles. The second kappa shape index (κ2) is 9.46. The van der Waals surface area contributed by atoms with Crippen molar-refractivity contribution >= 4 is 6.03 Å². The Morgan fingerprint density at radius 1 is 1.05 bits per heavy atom. The number of carbonyl (C=O) groups is 1. The molecule has 22 heavy (non-hydrogen) atoms. The van der Waals surface area contributed by atoms with Crippen molar-refractivity contribution in [2.24, 2.45) is 0 Å². The largest absolute Gasteiger partial charge is 0.383 e. The number of hydrogen-bond acceptors (Lipinski definition) is 2. The molecule has 0 saturated heterocycles. The first-order valence-electron chi connectivity index (χ1n) is 8.03. The molecule has 0 bridgehead atoms. The lowest BCUT2D eigenvalue weighted by Gasteiger charge is -2.19. The number of unbranched alkanes of at least 4 members (excludes halogenated alkanes) is 1. The molecule has 0 atom stereocenters. The van der Waals surface area contributed by atoms with Crippen LogP contribution >= 0.6 is 0 Å². The first-order valence-corrected chi connectivity index (χ1v) is 8.03. The summed E-state index contributed by atoms with van der Waals surface area (Å²) in [5, 5.41) is 5.59. The average molecular weight is 306 g/mol. The Balaban J connectivity index is 2.16. The van der Waals surface area contributed by atoms with E-state index in [4.69, 9.17) is 4.74 Å². The molecular formula is C18H30N2O2. The van der Waals surface area contributed by atoms with Crippen LogP contribution in [0.2, 0.25) is 0 Å². The standard InChI is InChI=1S/C18H30N2O2/c1-18(2,3)16-10-8-15(9-11-16)7-5-6-12-19-17(21)20-13-14-22-4/h8-11H,5-7,12-14H2,1-4H3,(H2,19,20,21). The fourth-order valence-electron chi connectivity index (χ4n) is 2.16. The van der Waals surface area contributed by atoms with Crippen LogP contribution in [0, 0.1) is 0 Å². The van der Waals surface area contributed by atoms with Crippen molar-refractivity contribution in [3.05, 3.63) is 35.4 Å². The van der Waals surface area contributed by atoms with E-state index in [9.17, 15) is 4.79 Å². The summed E-state index contributed by atoms with van der Waals surface area (Å²) in [4.78, 5) is 11.4. The van der Waals surface area contributed by atoms with E-state index in [0.717, 1.165) is 19.3 Å². The van der Waals surface area contributed by atoms with Gasteiger partial charge in [0.2, 0.25) is 0 Å². The maximum Gasteiger partial charge on any atom is 0.314 e. The summed E-state index contributed by atoms with van der Waals surface area (Å²) in [5.74, 6) is 0. The third-order valence-electron chi connectivity index (χ3n) is 3.59. The zero-order valence-electron chi connectivity index (χ0n) is 14.4. The van der Waals surface area contributed by atoms with E-state index in [1.54, 1.807) is 7.11 Å². The van der Waals surface area contributed by atoms with Crippen LogP contribution in [0.5, 0.6) is 0 Å². The average Bonchev–Trinajstić information content (AvgIpc) is 2.47. The van der Waals surface area contributed by atoms with Crippen LogP contribution in [0.15, 0.2) is 24.3 Å². The summed E-state index contributed by atoms with van der Waals surface area (Å²) in [6.45, 7) is 8.47. The molecule has 0 aromatic heterocycles. The number of methoxy groups -OCH3 is 1. The number of aryl methyl sites for hydroxylation is 1. The van der Waals surface area contributed by atoms with Gasteiger partial charge in [-0.1, -0.05) is 45.0 Å². The van der Waals surface area contributed by atoms with Crippen LogP contribution in [0.3, 0.4) is 0 Å². The Kier molecular flexibility index (Phi) is 7.96. The lowest BCUT2D eigenvalue weighted by Crippen LogP contribution is -2.37. The highest BCUT2D eigenvalue weighted by Gasteiger charge is 2.12. The molecule has 0 radical (unpaired) electrons. The van der Waals surface area contributed by atoms with Gasteiger partial charge in [-0.05, 0) is 35.8 Å². The fraction of sp³-hybridized carbons (Fsp3) is 0.611. The third kappa shape index (κ3) is 7.46. The Hall–Kier alpha value is -1.55. The molecule has 4 heteroatoms. The lowest BCUT2D eigenvalue weighted by atomic mass is 9.86. The number of carbonyl (C=O) groups excluding carboxylic acids is 1. The molecule has 124 valence electrons. The van der Waals surface area contributed by atoms with E-state index in [0.29, 0.717) is 19.7 Å². The topological polar surface area (TPSA) is 50.4 Å². The summed E-state index contributed by atoms with van der Waals surface area (Å²) in [5.41, 5.74) is 2.93. The number of benzene rings is 1. The molecule has 0 saturated carbocycles. The van der Waals surface area contributed by atoms with Gasteiger partial charge >= 0.3 is 6.03 Å². The maximum absolute atomic E-state index is 11.4. The summed E-state index contributed by atoms with van der Waals surface area (Å²) in [6.07, 6.45) is 3.11. The minimum Gasteiger partial charge on any atom is -0.383 e. The highest BCUT2D eigenvalue weighted by atomic mass is 16.5. The van der Waals surface area contributed by atoms with E-state index >= 15 is 0 Å². The summed E-state index contributed by atoms with van der Waals surface area (Å²) < 4.78 is 4.87. The van der Waals surface area contributed by atoms with Gasteiger partial charge in [-0.15, -0.1) is 0 Å². The minimum absolute atomic E-state index is 0.119. The van der Waals surface area contributed by atoms with Gasteiger partial charge in [-0.25, -0.2) is 4.79 Å². The molecule has 1 aromatic carbocycles. The number of nitrogens with one attached hydrogen (secondary N) is 2. The van der Waals surface area contributed by atoms with Crippen molar-refractivity contribution in [2.75, 3.05) is 26.8 Å². The summed E-state index contributed by atoms with van der Waals surface area (Å²) >= 11 is 0. The zero-order chi connectivity index (χ0) is 16.4. The Morgan fingerprint density at radius 2 is 1.68 bits per heavy atom. The molecule has 2 amide bonds. The third-order valence-corrected chi connectivity index (χ3v) is 3.59. The number of ether oxygens (including phenoxy) is 1. The molecule has 4 nitrogen and oxygen atoms in total. The highest BCUT2D eigenvalue weighted by molar-refractivity contribution is 5.73. The molecule has 0 aliphatic rings. The van der Waals surface area contributed by atoms with E-state index < -0.39 is 0 Å². The Morgan fingerprint density at radius 3 is 2.27 bits per heavy atom. The SMILES string of the molecule is COCCNC(=O)NCCCCc1ccc(C(C)(C)C)cc1. The number of rotatable bonds is 8. The van der Waals surface area contributed by atoms with Gasteiger partial charge in [0.05, 0.1) is 6.61 Å². The van der Waals surface area contributed by atoms with Crippen LogP contribution < -0.4 is 10.6 Å². The van der Waals surface area contributed by atoms with Crippen LogP contribution in [0.4, 0.5) is 4.79 Å². The normalized spacial score (nSPS) is 11.3. The minimum atomic E-state index is -0.119. The van der Waals surface area contributed by atoms with Gasteiger partial charge in [0.1, 0.15) is 0 Å². The van der Waals surface area contributed by atoms with Gasteiger partial charge in [0.25, 0.3) is 0 Å². The van der Waals surface area contributed by atoms with Crippen molar-refractivity contribution in [1.29, 1.82) is 0 Å². The van der Waals surface area contributed by atoms with Crippen molar-refractivity contribution in [3.8, 4) is 0 Å². The quantitative estimate of drug-likeness (QED) is 0.724. The molecule has 0 fully saturated rings. The van der Waals surface area contributed by atoms with E-state index in [2.05, 4.69) is 55.7 Å². The number of urea groups is 1. The summed E-state index contributed by atoms with van der Waals surface area (Å²) in [6, 6.07) is 8.75. The first-order chi connectivity index (χ1) is 10.4. The van der Waals surface area contributed by atoms with Gasteiger partial charge in [-0.3, -0.25) is 0 Å². The Labute approximate surface area is 134 Å². The van der Waals surface area contributed by atoms with Crippen LogP contribution in [0.25, 0.3) is 0 Å². The number of hydrogen-bond donors (Lipinski definition) is 2. The molecule has 2 N–H and O–H groups in total. The van der Waals surface area contributed by atoms with Gasteiger partial charge in [0.15, 0.2) is 0 Å². The predicted octanol–water partition coefficient (Wildman–Crippen LogP) is 3.25. The highest BCUT2D eigenvalue weighted by Crippen LogP contribution is 2.22. The molecule has 1 aromatic rings. The van der Waals surface area contributed by atoms with Crippen LogP contribution in [-0.2, 0) is 16.6 Å². The van der Waals surface area contributed by atoms with Crippen LogP contribution in [0.1, 0.15) is 44.7 Å². The van der Waals surface area contributed by atoms with E-state index in [-0.39, 0.29) is 11.4 Å². The van der Waals surface area contributed by atoms with Crippen molar-refractivity contribution in [3.63, 3.8) is 0 Å². The van der Waals surface area contributed by atoms with Crippen molar-refractivity contribution in [2.45, 2.75) is 45.4 Å². The molecule has 0 aliphatic carbocycles. The van der Waals surface area contributed by atoms with Crippen molar-refractivity contribution in [1.82, 2.24) is 10.6 Å². The molecule has 0 spiro atoms. The monoisotopic (exact) mass is 306 g/mol.